The molecule has 0 radical (unpaired) electrons. The van der Waals surface area contributed by atoms with Crippen LogP contribution in [0.1, 0.15) is 18.0 Å². The van der Waals surface area contributed by atoms with Crippen molar-refractivity contribution in [1.29, 1.82) is 0 Å². The largest absolute Gasteiger partial charge is 0.352 e. The molecule has 1 N–H and O–H groups in total. The van der Waals surface area contributed by atoms with Crippen LogP contribution < -0.4 is 5.32 Å². The molecule has 4 nitrogen and oxygen atoms in total. The van der Waals surface area contributed by atoms with Crippen LogP contribution in [-0.4, -0.2) is 21.1 Å². The third-order valence-corrected chi connectivity index (χ3v) is 3.25. The van der Waals surface area contributed by atoms with Gasteiger partial charge in [-0.15, -0.1) is 17.9 Å². The molecule has 0 amide bonds. The van der Waals surface area contributed by atoms with E-state index in [1.165, 1.54) is 0 Å². The maximum absolute atomic E-state index is 4.32. The summed E-state index contributed by atoms with van der Waals surface area (Å²) in [7, 11) is 0. The van der Waals surface area contributed by atoms with E-state index in [9.17, 15) is 0 Å². The standard InChI is InChI=1S/C11H14N4S/c1-3-4-13-11-14-5-7-15(11)9(2)10-12-6-8-16-10/h3,5-9H,1,4H2,2H3,(H,13,14). The van der Waals surface area contributed by atoms with Crippen molar-refractivity contribution in [2.45, 2.75) is 13.0 Å². The summed E-state index contributed by atoms with van der Waals surface area (Å²) in [6.45, 7) is 6.50. The minimum atomic E-state index is 0.204. The Kier molecular flexibility index (Phi) is 3.36. The lowest BCUT2D eigenvalue weighted by Crippen LogP contribution is -2.11. The summed E-state index contributed by atoms with van der Waals surface area (Å²) in [4.78, 5) is 8.58. The fourth-order valence-electron chi connectivity index (χ4n) is 1.49. The number of hydrogen-bond acceptors (Lipinski definition) is 4. The van der Waals surface area contributed by atoms with Gasteiger partial charge in [0.15, 0.2) is 0 Å². The first-order valence-corrected chi connectivity index (χ1v) is 5.98. The van der Waals surface area contributed by atoms with E-state index >= 15 is 0 Å². The fraction of sp³-hybridized carbons (Fsp3) is 0.273. The number of nitrogens with zero attached hydrogens (tertiary/aromatic N) is 3. The maximum Gasteiger partial charge on any atom is 0.203 e. The van der Waals surface area contributed by atoms with Crippen LogP contribution in [-0.2, 0) is 0 Å². The van der Waals surface area contributed by atoms with Crippen molar-refractivity contribution in [3.63, 3.8) is 0 Å². The Morgan fingerprint density at radius 1 is 1.56 bits per heavy atom. The summed E-state index contributed by atoms with van der Waals surface area (Å²) in [5, 5.41) is 6.27. The molecule has 0 spiro atoms. The van der Waals surface area contributed by atoms with Crippen molar-refractivity contribution in [3.8, 4) is 0 Å². The third kappa shape index (κ3) is 2.14. The summed E-state index contributed by atoms with van der Waals surface area (Å²) < 4.78 is 2.07. The molecule has 0 bridgehead atoms. The normalized spacial score (nSPS) is 12.3. The van der Waals surface area contributed by atoms with E-state index in [0.29, 0.717) is 6.54 Å². The highest BCUT2D eigenvalue weighted by Gasteiger charge is 2.13. The van der Waals surface area contributed by atoms with Crippen LogP contribution in [0.25, 0.3) is 0 Å². The molecule has 2 rings (SSSR count). The van der Waals surface area contributed by atoms with Gasteiger partial charge in [-0.1, -0.05) is 6.08 Å². The summed E-state index contributed by atoms with van der Waals surface area (Å²) >= 11 is 1.65. The van der Waals surface area contributed by atoms with Gasteiger partial charge in [0.25, 0.3) is 0 Å². The molecule has 0 aliphatic heterocycles. The van der Waals surface area contributed by atoms with E-state index in [-0.39, 0.29) is 6.04 Å². The molecule has 0 saturated heterocycles. The molecule has 1 atom stereocenters. The summed E-state index contributed by atoms with van der Waals surface area (Å²) in [6, 6.07) is 0.204. The first-order chi connectivity index (χ1) is 7.83. The van der Waals surface area contributed by atoms with Crippen LogP contribution in [0.15, 0.2) is 36.6 Å². The number of thiazole rings is 1. The molecule has 2 aromatic rings. The Bertz CT molecular complexity index is 446. The van der Waals surface area contributed by atoms with Gasteiger partial charge in [0.1, 0.15) is 5.01 Å². The van der Waals surface area contributed by atoms with E-state index < -0.39 is 0 Å². The van der Waals surface area contributed by atoms with Crippen molar-refractivity contribution in [2.24, 2.45) is 0 Å². The molecule has 0 aliphatic rings. The molecule has 0 aromatic carbocycles. The van der Waals surface area contributed by atoms with Gasteiger partial charge in [-0.05, 0) is 6.92 Å². The monoisotopic (exact) mass is 234 g/mol. The number of hydrogen-bond donors (Lipinski definition) is 1. The highest BCUT2D eigenvalue weighted by Crippen LogP contribution is 2.22. The maximum atomic E-state index is 4.32. The Hall–Kier alpha value is -1.62. The number of anilines is 1. The highest BCUT2D eigenvalue weighted by atomic mass is 32.1. The Morgan fingerprint density at radius 2 is 2.44 bits per heavy atom. The van der Waals surface area contributed by atoms with Crippen LogP contribution >= 0.6 is 11.3 Å². The van der Waals surface area contributed by atoms with Crippen molar-refractivity contribution < 1.29 is 0 Å². The number of rotatable bonds is 5. The molecule has 16 heavy (non-hydrogen) atoms. The van der Waals surface area contributed by atoms with E-state index in [2.05, 4.69) is 33.4 Å². The van der Waals surface area contributed by atoms with E-state index in [1.807, 2.05) is 23.8 Å². The zero-order chi connectivity index (χ0) is 11.4. The van der Waals surface area contributed by atoms with Gasteiger partial charge in [0, 0.05) is 30.5 Å². The van der Waals surface area contributed by atoms with Crippen molar-refractivity contribution in [1.82, 2.24) is 14.5 Å². The summed E-state index contributed by atoms with van der Waals surface area (Å²) in [5.74, 6) is 0.850. The van der Waals surface area contributed by atoms with Gasteiger partial charge in [-0.25, -0.2) is 9.97 Å². The van der Waals surface area contributed by atoms with Crippen LogP contribution in [0, 0.1) is 0 Å². The molecular formula is C11H14N4S. The molecule has 0 saturated carbocycles. The Balaban J connectivity index is 2.20. The predicted molar refractivity (Wildman–Crippen MR) is 66.8 cm³/mol. The zero-order valence-corrected chi connectivity index (χ0v) is 9.94. The molecule has 5 heteroatoms. The van der Waals surface area contributed by atoms with Gasteiger partial charge in [0.2, 0.25) is 5.95 Å². The predicted octanol–water partition coefficient (Wildman–Crippen LogP) is 2.55. The van der Waals surface area contributed by atoms with Crippen LogP contribution in [0.5, 0.6) is 0 Å². The quantitative estimate of drug-likeness (QED) is 0.808. The van der Waals surface area contributed by atoms with E-state index in [1.54, 1.807) is 17.5 Å². The SMILES string of the molecule is C=CCNc1nccn1C(C)c1nccs1. The topological polar surface area (TPSA) is 42.7 Å². The highest BCUT2D eigenvalue weighted by molar-refractivity contribution is 7.09. The number of nitrogens with one attached hydrogen (secondary N) is 1. The lowest BCUT2D eigenvalue weighted by molar-refractivity contribution is 0.640. The Labute approximate surface area is 98.7 Å². The van der Waals surface area contributed by atoms with E-state index in [4.69, 9.17) is 0 Å². The van der Waals surface area contributed by atoms with Crippen molar-refractivity contribution in [3.05, 3.63) is 41.6 Å². The molecule has 2 aromatic heterocycles. The second-order valence-electron chi connectivity index (χ2n) is 3.37. The molecule has 0 fully saturated rings. The van der Waals surface area contributed by atoms with Gasteiger partial charge in [0.05, 0.1) is 6.04 Å². The van der Waals surface area contributed by atoms with Crippen molar-refractivity contribution >= 4 is 17.3 Å². The van der Waals surface area contributed by atoms with Crippen LogP contribution in [0.2, 0.25) is 0 Å². The minimum absolute atomic E-state index is 0.204. The van der Waals surface area contributed by atoms with E-state index in [0.717, 1.165) is 11.0 Å². The molecule has 84 valence electrons. The molecule has 2 heterocycles. The lowest BCUT2D eigenvalue weighted by Gasteiger charge is -2.14. The van der Waals surface area contributed by atoms with Gasteiger partial charge < -0.3 is 9.88 Å². The summed E-state index contributed by atoms with van der Waals surface area (Å²) in [6.07, 6.45) is 7.38. The van der Waals surface area contributed by atoms with Gasteiger partial charge in [-0.3, -0.25) is 0 Å². The molecule has 0 aliphatic carbocycles. The zero-order valence-electron chi connectivity index (χ0n) is 9.13. The number of aromatic nitrogens is 3. The lowest BCUT2D eigenvalue weighted by atomic mass is 10.3. The van der Waals surface area contributed by atoms with Crippen LogP contribution in [0.3, 0.4) is 0 Å². The first kappa shape index (κ1) is 10.9. The molecule has 1 unspecified atom stereocenters. The smallest absolute Gasteiger partial charge is 0.203 e. The first-order valence-electron chi connectivity index (χ1n) is 5.10. The second-order valence-corrected chi connectivity index (χ2v) is 4.30. The van der Waals surface area contributed by atoms with Crippen molar-refractivity contribution in [2.75, 3.05) is 11.9 Å². The fourth-order valence-corrected chi connectivity index (χ4v) is 2.18. The third-order valence-electron chi connectivity index (χ3n) is 2.30. The summed E-state index contributed by atoms with van der Waals surface area (Å²) in [5.41, 5.74) is 0. The second kappa shape index (κ2) is 4.94. The van der Waals surface area contributed by atoms with Gasteiger partial charge in [-0.2, -0.15) is 0 Å². The minimum Gasteiger partial charge on any atom is -0.352 e. The van der Waals surface area contributed by atoms with Crippen LogP contribution in [0.4, 0.5) is 5.95 Å². The average Bonchev–Trinajstić information content (AvgIpc) is 2.96. The Morgan fingerprint density at radius 3 is 3.12 bits per heavy atom. The van der Waals surface area contributed by atoms with Gasteiger partial charge >= 0.3 is 0 Å². The molecular weight excluding hydrogens is 220 g/mol. The number of imidazole rings is 1. The average molecular weight is 234 g/mol.